The number of aliphatic imine (C=N–C) groups is 4. The SMILES string of the molecule is CC(=Nc1c(C)cc(C)cc1C)c1cccc(C(C)=Nc2c(C)cc(C)cc2Cl)n1.CC(=Nc1c(C)cc(C)cc1Cl)c1cccc(C(C)=Nc2c(C)cc(C)cc2Cl)n1.[CH2-][Si](C)(C)C.[CH2-][Si](C)(C)C.[CH2-][Si](C)(C)C.[CH2-][Si](C)(C)C.[Fe+2].[Fe+2]. The van der Waals surface area contributed by atoms with E-state index in [0.29, 0.717) is 15.1 Å². The first-order valence-electron chi connectivity index (χ1n) is 27.3. The Morgan fingerprint density at radius 1 is 0.329 bits per heavy atom. The molecule has 448 valence electrons. The molecule has 0 saturated carbocycles. The first-order chi connectivity index (χ1) is 36.3. The molecule has 0 radical (unpaired) electrons. The maximum atomic E-state index is 6.43. The molecule has 0 aliphatic carbocycles. The van der Waals surface area contributed by atoms with Gasteiger partial charge < -0.3 is 26.2 Å². The molecule has 0 spiro atoms. The summed E-state index contributed by atoms with van der Waals surface area (Å²) in [7, 11) is -3.44. The van der Waals surface area contributed by atoms with Gasteiger partial charge in [0.2, 0.25) is 0 Å². The number of benzene rings is 4. The van der Waals surface area contributed by atoms with Gasteiger partial charge in [0.05, 0.1) is 83.4 Å². The number of aryl methyl sites for hydroxylation is 9. The number of hydrogen-bond acceptors (Lipinski definition) is 6. The van der Waals surface area contributed by atoms with Gasteiger partial charge in [-0.05, 0) is 177 Å². The second-order valence-corrected chi connectivity index (χ2v) is 47.5. The van der Waals surface area contributed by atoms with E-state index in [4.69, 9.17) is 64.7 Å². The van der Waals surface area contributed by atoms with Crippen molar-refractivity contribution in [3.8, 4) is 0 Å². The number of rotatable bonds is 8. The Hall–Kier alpha value is -3.36. The van der Waals surface area contributed by atoms with Crippen LogP contribution in [0.5, 0.6) is 0 Å². The number of hydrogen-bond donors (Lipinski definition) is 0. The number of nitrogens with zero attached hydrogens (tertiary/aromatic N) is 6. The maximum Gasteiger partial charge on any atom is 2.00 e. The molecule has 0 N–H and O–H groups in total. The molecular formula is C67H97Cl3Fe2N6Si4. The van der Waals surface area contributed by atoms with E-state index < -0.39 is 32.3 Å². The monoisotopic (exact) mass is 1310 g/mol. The smallest absolute Gasteiger partial charge is 0.342 e. The summed E-state index contributed by atoms with van der Waals surface area (Å²) >= 11 is 19.3. The predicted octanol–water partition coefficient (Wildman–Crippen LogP) is 22.2. The topological polar surface area (TPSA) is 75.2 Å². The van der Waals surface area contributed by atoms with Crippen molar-refractivity contribution in [2.24, 2.45) is 20.0 Å². The molecule has 0 aliphatic heterocycles. The maximum absolute atomic E-state index is 6.43. The molecule has 6 nitrogen and oxygen atoms in total. The molecule has 6 aromatic rings. The zero-order valence-electron chi connectivity index (χ0n) is 54.4. The summed E-state index contributed by atoms with van der Waals surface area (Å²) in [5, 5.41) is 1.95. The van der Waals surface area contributed by atoms with Crippen LogP contribution in [0.1, 0.15) is 101 Å². The van der Waals surface area contributed by atoms with Crippen LogP contribution in [0, 0.1) is 88.5 Å². The summed E-state index contributed by atoms with van der Waals surface area (Å²) < 4.78 is 0. The van der Waals surface area contributed by atoms with Crippen LogP contribution in [0.15, 0.2) is 105 Å². The van der Waals surface area contributed by atoms with E-state index in [-0.39, 0.29) is 34.1 Å². The van der Waals surface area contributed by atoms with Gasteiger partial charge in [-0.2, -0.15) is 0 Å². The van der Waals surface area contributed by atoms with Crippen LogP contribution in [0.25, 0.3) is 0 Å². The summed E-state index contributed by atoms with van der Waals surface area (Å²) in [6.45, 7) is 68.5. The van der Waals surface area contributed by atoms with Crippen molar-refractivity contribution < 1.29 is 34.1 Å². The minimum absolute atomic E-state index is 0. The van der Waals surface area contributed by atoms with Crippen LogP contribution in [0.4, 0.5) is 22.7 Å². The molecule has 2 heterocycles. The number of aromatic nitrogens is 2. The first kappa shape index (κ1) is 80.7. The number of halogens is 3. The van der Waals surface area contributed by atoms with E-state index in [1.54, 1.807) is 0 Å². The van der Waals surface area contributed by atoms with Gasteiger partial charge in [-0.3, -0.25) is 4.99 Å². The summed E-state index contributed by atoms with van der Waals surface area (Å²) in [5.41, 5.74) is 20.0. The van der Waals surface area contributed by atoms with Crippen molar-refractivity contribution in [1.82, 2.24) is 9.97 Å². The average molecular weight is 1320 g/mol. The Morgan fingerprint density at radius 3 is 0.671 bits per heavy atom. The van der Waals surface area contributed by atoms with Crippen molar-refractivity contribution >= 4 is 113 Å². The molecule has 2 aromatic heterocycles. The normalized spacial score (nSPS) is 12.0. The Labute approximate surface area is 539 Å². The predicted molar refractivity (Wildman–Crippen MR) is 374 cm³/mol. The molecule has 4 aromatic carbocycles. The Morgan fingerprint density at radius 2 is 0.488 bits per heavy atom. The van der Waals surface area contributed by atoms with Crippen molar-refractivity contribution in [3.63, 3.8) is 0 Å². The van der Waals surface area contributed by atoms with Gasteiger partial charge in [0.1, 0.15) is 0 Å². The molecule has 0 amide bonds. The van der Waals surface area contributed by atoms with Crippen LogP contribution >= 0.6 is 34.8 Å². The van der Waals surface area contributed by atoms with Crippen LogP contribution in [-0.4, -0.2) is 65.1 Å². The molecule has 0 aliphatic rings. The summed E-state index contributed by atoms with van der Waals surface area (Å²) in [6.07, 6.45) is 0. The second-order valence-electron chi connectivity index (χ2n) is 25.8. The molecule has 0 atom stereocenters. The fourth-order valence-electron chi connectivity index (χ4n) is 7.07. The minimum Gasteiger partial charge on any atom is -0.342 e. The van der Waals surface area contributed by atoms with Gasteiger partial charge in [0.25, 0.3) is 0 Å². The Kier molecular flexibility index (Phi) is 35.4. The van der Waals surface area contributed by atoms with E-state index in [0.717, 1.165) is 102 Å². The van der Waals surface area contributed by atoms with E-state index in [1.165, 1.54) is 16.7 Å². The minimum atomic E-state index is -0.861. The van der Waals surface area contributed by atoms with Crippen LogP contribution in [0.3, 0.4) is 0 Å². The van der Waals surface area contributed by atoms with E-state index in [9.17, 15) is 0 Å². The summed E-state index contributed by atoms with van der Waals surface area (Å²) in [6, 6.07) is 28.1. The Bertz CT molecular complexity index is 2630. The van der Waals surface area contributed by atoms with E-state index >= 15 is 0 Å². The zero-order chi connectivity index (χ0) is 62.0. The Balaban J connectivity index is 0. The molecule has 15 heteroatoms. The molecule has 6 rings (SSSR count). The quantitative estimate of drug-likeness (QED) is 0.0865. The van der Waals surface area contributed by atoms with Crippen molar-refractivity contribution in [3.05, 3.63) is 199 Å². The third-order valence-corrected chi connectivity index (χ3v) is 10.8. The second kappa shape index (κ2) is 35.9. The average Bonchev–Trinajstić information content (AvgIpc) is 3.26. The standard InChI is InChI=1S/C26H28ClN3.C25H25Cl2N3.4C4H11Si.2Fe/c1-15-11-17(3)25(18(4)12-15)28-20(6)23-9-8-10-24(30-23)21(7)29-26-19(5)13-16(2)14-22(26)27;1-14-10-16(3)24(20(26)12-14)28-18(5)22-8-7-9-23(30-22)19(6)29-25-17(4)11-15(2)13-21(25)27;4*1-5(2,3)4;;/h8-14H,1-7H3;7-13H,1-6H3;4*1H2,2-4H3;;/q;;4*-1;2*+2. The fourth-order valence-corrected chi connectivity index (χ4v) is 8.16. The van der Waals surface area contributed by atoms with Crippen molar-refractivity contribution in [2.45, 2.75) is 169 Å². The largest absolute Gasteiger partial charge is 2.00 e. The molecular weight excluding hydrogens is 1220 g/mol. The van der Waals surface area contributed by atoms with E-state index in [1.807, 2.05) is 124 Å². The van der Waals surface area contributed by atoms with Gasteiger partial charge in [0.15, 0.2) is 0 Å². The van der Waals surface area contributed by atoms with Gasteiger partial charge >= 0.3 is 34.1 Å². The third-order valence-electron chi connectivity index (χ3n) is 9.93. The van der Waals surface area contributed by atoms with Crippen LogP contribution < -0.4 is 0 Å². The van der Waals surface area contributed by atoms with Gasteiger partial charge in [-0.25, -0.2) is 24.9 Å². The fraction of sp³-hybridized carbons (Fsp3) is 0.373. The van der Waals surface area contributed by atoms with Crippen LogP contribution in [-0.2, 0) is 34.1 Å². The first-order valence-corrected chi connectivity index (χ1v) is 43.2. The molecule has 0 saturated heterocycles. The molecule has 0 bridgehead atoms. The molecule has 0 fully saturated rings. The summed E-state index contributed by atoms with van der Waals surface area (Å²) in [4.78, 5) is 28.8. The van der Waals surface area contributed by atoms with Crippen molar-refractivity contribution in [2.75, 3.05) is 0 Å². The van der Waals surface area contributed by atoms with E-state index in [2.05, 4.69) is 156 Å². The van der Waals surface area contributed by atoms with Crippen molar-refractivity contribution in [1.29, 1.82) is 0 Å². The number of pyridine rings is 2. The third kappa shape index (κ3) is 34.6. The molecule has 82 heavy (non-hydrogen) atoms. The van der Waals surface area contributed by atoms with Gasteiger partial charge in [-0.1, -0.05) is 161 Å². The zero-order valence-corrected chi connectivity index (χ0v) is 62.9. The van der Waals surface area contributed by atoms with Crippen LogP contribution in [0.2, 0.25) is 93.6 Å². The van der Waals surface area contributed by atoms with Gasteiger partial charge in [-0.15, -0.1) is 32.3 Å². The van der Waals surface area contributed by atoms with Gasteiger partial charge in [0, 0.05) is 0 Å². The summed E-state index contributed by atoms with van der Waals surface area (Å²) in [5.74, 6) is 0. The molecule has 0 unspecified atom stereocenters.